The molecule has 0 aromatic heterocycles. The molecular formula is C13H18O2. The van der Waals surface area contributed by atoms with E-state index in [2.05, 4.69) is 6.07 Å². The first-order chi connectivity index (χ1) is 6.99. The molecule has 2 nitrogen and oxygen atoms in total. The number of benzene rings is 1. The second kappa shape index (κ2) is 4.96. The minimum Gasteiger partial charge on any atom is -0.490 e. The Labute approximate surface area is 91.3 Å². The van der Waals surface area contributed by atoms with E-state index in [1.807, 2.05) is 32.9 Å². The van der Waals surface area contributed by atoms with E-state index in [9.17, 15) is 4.79 Å². The van der Waals surface area contributed by atoms with Crippen LogP contribution in [0.3, 0.4) is 0 Å². The van der Waals surface area contributed by atoms with Gasteiger partial charge in [-0.15, -0.1) is 0 Å². The average molecular weight is 206 g/mol. The van der Waals surface area contributed by atoms with E-state index in [-0.39, 0.29) is 11.9 Å². The highest BCUT2D eigenvalue weighted by molar-refractivity contribution is 5.75. The monoisotopic (exact) mass is 206 g/mol. The fraction of sp³-hybridized carbons (Fsp3) is 0.462. The van der Waals surface area contributed by atoms with Crippen LogP contribution in [0, 0.1) is 13.8 Å². The van der Waals surface area contributed by atoms with Crippen LogP contribution >= 0.6 is 0 Å². The Bertz CT molecular complexity index is 356. The Kier molecular flexibility index (Phi) is 3.89. The van der Waals surface area contributed by atoms with Crippen LogP contribution in [-0.4, -0.2) is 11.9 Å². The Morgan fingerprint density at radius 1 is 1.40 bits per heavy atom. The summed E-state index contributed by atoms with van der Waals surface area (Å²) in [5.41, 5.74) is 2.28. The van der Waals surface area contributed by atoms with E-state index < -0.39 is 0 Å². The number of ether oxygens (including phenoxy) is 1. The van der Waals surface area contributed by atoms with Gasteiger partial charge in [0.25, 0.3) is 0 Å². The van der Waals surface area contributed by atoms with Crippen LogP contribution in [0.15, 0.2) is 18.2 Å². The van der Waals surface area contributed by atoms with Gasteiger partial charge in [-0.25, -0.2) is 0 Å². The van der Waals surface area contributed by atoms with Crippen molar-refractivity contribution in [2.75, 3.05) is 0 Å². The maximum absolute atomic E-state index is 10.9. The molecule has 1 rings (SSSR count). The fourth-order valence-corrected chi connectivity index (χ4v) is 1.50. The van der Waals surface area contributed by atoms with Crippen LogP contribution in [0.1, 0.15) is 31.4 Å². The standard InChI is InChI=1S/C13H18O2/c1-9-5-6-10(2)13(7-9)15-12(4)8-11(3)14/h5-7,12H,8H2,1-4H3. The van der Waals surface area contributed by atoms with Crippen molar-refractivity contribution in [1.82, 2.24) is 0 Å². The molecule has 0 heterocycles. The van der Waals surface area contributed by atoms with Crippen molar-refractivity contribution in [3.05, 3.63) is 29.3 Å². The molecule has 2 heteroatoms. The molecular weight excluding hydrogens is 188 g/mol. The van der Waals surface area contributed by atoms with Crippen LogP contribution in [-0.2, 0) is 4.79 Å². The van der Waals surface area contributed by atoms with Crippen molar-refractivity contribution in [3.8, 4) is 5.75 Å². The highest BCUT2D eigenvalue weighted by atomic mass is 16.5. The van der Waals surface area contributed by atoms with Crippen molar-refractivity contribution in [2.45, 2.75) is 40.2 Å². The lowest BCUT2D eigenvalue weighted by Gasteiger charge is -2.15. The van der Waals surface area contributed by atoms with Gasteiger partial charge in [0, 0.05) is 6.42 Å². The molecule has 0 N–H and O–H groups in total. The summed E-state index contributed by atoms with van der Waals surface area (Å²) in [6.07, 6.45) is 0.413. The molecule has 15 heavy (non-hydrogen) atoms. The third-order valence-electron chi connectivity index (χ3n) is 2.25. The summed E-state index contributed by atoms with van der Waals surface area (Å²) < 4.78 is 5.72. The van der Waals surface area contributed by atoms with Gasteiger partial charge in [0.2, 0.25) is 0 Å². The van der Waals surface area contributed by atoms with Crippen LogP contribution in [0.5, 0.6) is 5.75 Å². The summed E-state index contributed by atoms with van der Waals surface area (Å²) in [6.45, 7) is 7.54. The van der Waals surface area contributed by atoms with Crippen LogP contribution < -0.4 is 4.74 Å². The van der Waals surface area contributed by atoms with Crippen molar-refractivity contribution < 1.29 is 9.53 Å². The third kappa shape index (κ3) is 3.74. The lowest BCUT2D eigenvalue weighted by Crippen LogP contribution is -2.15. The normalized spacial score (nSPS) is 12.3. The number of carbonyl (C=O) groups excluding carboxylic acids is 1. The number of hydrogen-bond donors (Lipinski definition) is 0. The zero-order chi connectivity index (χ0) is 11.4. The molecule has 0 saturated heterocycles. The summed E-state index contributed by atoms with van der Waals surface area (Å²) in [7, 11) is 0. The summed E-state index contributed by atoms with van der Waals surface area (Å²) in [5.74, 6) is 1.04. The van der Waals surface area contributed by atoms with E-state index in [4.69, 9.17) is 4.74 Å². The van der Waals surface area contributed by atoms with Crippen LogP contribution in [0.4, 0.5) is 0 Å². The molecule has 1 atom stereocenters. The predicted octanol–water partition coefficient (Wildman–Crippen LogP) is 3.05. The first-order valence-electron chi connectivity index (χ1n) is 5.22. The molecule has 1 aromatic carbocycles. The average Bonchev–Trinajstić information content (AvgIpc) is 2.10. The van der Waals surface area contributed by atoms with Gasteiger partial charge in [-0.3, -0.25) is 4.79 Å². The second-order valence-corrected chi connectivity index (χ2v) is 4.10. The molecule has 0 spiro atoms. The predicted molar refractivity (Wildman–Crippen MR) is 61.3 cm³/mol. The van der Waals surface area contributed by atoms with Crippen molar-refractivity contribution in [1.29, 1.82) is 0 Å². The number of ketones is 1. The Balaban J connectivity index is 2.71. The van der Waals surface area contributed by atoms with Gasteiger partial charge in [-0.05, 0) is 44.9 Å². The number of rotatable bonds is 4. The largest absolute Gasteiger partial charge is 0.490 e. The molecule has 82 valence electrons. The number of Topliss-reactive ketones (excluding diaryl/α,β-unsaturated/α-hetero) is 1. The first kappa shape index (κ1) is 11.8. The van der Waals surface area contributed by atoms with Gasteiger partial charge < -0.3 is 4.74 Å². The first-order valence-corrected chi connectivity index (χ1v) is 5.22. The van der Waals surface area contributed by atoms with Gasteiger partial charge in [-0.1, -0.05) is 12.1 Å². The molecule has 0 saturated carbocycles. The van der Waals surface area contributed by atoms with Crippen molar-refractivity contribution >= 4 is 5.78 Å². The molecule has 0 aliphatic rings. The van der Waals surface area contributed by atoms with Gasteiger partial charge in [0.1, 0.15) is 17.6 Å². The minimum atomic E-state index is -0.0528. The van der Waals surface area contributed by atoms with Gasteiger partial charge in [0.15, 0.2) is 0 Å². The fourth-order valence-electron chi connectivity index (χ4n) is 1.50. The zero-order valence-electron chi connectivity index (χ0n) is 9.83. The van der Waals surface area contributed by atoms with E-state index in [0.717, 1.165) is 11.3 Å². The second-order valence-electron chi connectivity index (χ2n) is 4.10. The molecule has 0 fully saturated rings. The lowest BCUT2D eigenvalue weighted by atomic mass is 10.1. The minimum absolute atomic E-state index is 0.0528. The number of aryl methyl sites for hydroxylation is 2. The van der Waals surface area contributed by atoms with Crippen molar-refractivity contribution in [2.24, 2.45) is 0 Å². The molecule has 1 aromatic rings. The summed E-state index contributed by atoms with van der Waals surface area (Å²) in [6, 6.07) is 6.09. The molecule has 0 radical (unpaired) electrons. The topological polar surface area (TPSA) is 26.3 Å². The Hall–Kier alpha value is -1.31. The smallest absolute Gasteiger partial charge is 0.133 e. The SMILES string of the molecule is CC(=O)CC(C)Oc1cc(C)ccc1C. The van der Waals surface area contributed by atoms with E-state index in [0.29, 0.717) is 6.42 Å². The molecule has 0 amide bonds. The molecule has 0 bridgehead atoms. The quantitative estimate of drug-likeness (QED) is 0.756. The summed E-state index contributed by atoms with van der Waals surface area (Å²) in [5, 5.41) is 0. The molecule has 1 unspecified atom stereocenters. The van der Waals surface area contributed by atoms with E-state index >= 15 is 0 Å². The molecule has 0 aliphatic heterocycles. The summed E-state index contributed by atoms with van der Waals surface area (Å²) >= 11 is 0. The van der Waals surface area contributed by atoms with Gasteiger partial charge in [-0.2, -0.15) is 0 Å². The summed E-state index contributed by atoms with van der Waals surface area (Å²) in [4.78, 5) is 10.9. The third-order valence-corrected chi connectivity index (χ3v) is 2.25. The highest BCUT2D eigenvalue weighted by Gasteiger charge is 2.08. The Morgan fingerprint density at radius 2 is 2.07 bits per heavy atom. The maximum Gasteiger partial charge on any atom is 0.133 e. The van der Waals surface area contributed by atoms with Crippen molar-refractivity contribution in [3.63, 3.8) is 0 Å². The Morgan fingerprint density at radius 3 is 2.67 bits per heavy atom. The van der Waals surface area contributed by atoms with Gasteiger partial charge >= 0.3 is 0 Å². The lowest BCUT2D eigenvalue weighted by molar-refractivity contribution is -0.118. The van der Waals surface area contributed by atoms with Crippen LogP contribution in [0.25, 0.3) is 0 Å². The zero-order valence-corrected chi connectivity index (χ0v) is 9.83. The molecule has 0 aliphatic carbocycles. The number of hydrogen-bond acceptors (Lipinski definition) is 2. The number of carbonyl (C=O) groups is 1. The van der Waals surface area contributed by atoms with Crippen LogP contribution in [0.2, 0.25) is 0 Å². The highest BCUT2D eigenvalue weighted by Crippen LogP contribution is 2.21. The van der Waals surface area contributed by atoms with Gasteiger partial charge in [0.05, 0.1) is 0 Å². The maximum atomic E-state index is 10.9. The van der Waals surface area contributed by atoms with E-state index in [1.165, 1.54) is 5.56 Å². The van der Waals surface area contributed by atoms with E-state index in [1.54, 1.807) is 6.92 Å².